The van der Waals surface area contributed by atoms with Gasteiger partial charge in [-0.2, -0.15) is 0 Å². The van der Waals surface area contributed by atoms with Gasteiger partial charge in [-0.05, 0) is 31.2 Å². The third-order valence-electron chi connectivity index (χ3n) is 2.19. The van der Waals surface area contributed by atoms with E-state index >= 15 is 0 Å². The van der Waals surface area contributed by atoms with Crippen molar-refractivity contribution in [3.8, 4) is 0 Å². The first-order chi connectivity index (χ1) is 8.16. The van der Waals surface area contributed by atoms with Crippen molar-refractivity contribution in [1.82, 2.24) is 4.98 Å². The van der Waals surface area contributed by atoms with E-state index in [4.69, 9.17) is 4.42 Å². The standard InChI is InChI=1S/C12H10FNO2S/c1-8(17-12-14-6-7-16-12)11(15)9-2-4-10(13)5-3-9/h2-8H,1H3. The number of benzene rings is 1. The molecule has 0 saturated heterocycles. The minimum Gasteiger partial charge on any atom is -0.440 e. The third kappa shape index (κ3) is 2.94. The zero-order chi connectivity index (χ0) is 12.3. The summed E-state index contributed by atoms with van der Waals surface area (Å²) in [6.07, 6.45) is 2.98. The molecule has 1 aromatic carbocycles. The van der Waals surface area contributed by atoms with Gasteiger partial charge < -0.3 is 4.42 Å². The monoisotopic (exact) mass is 251 g/mol. The highest BCUT2D eigenvalue weighted by atomic mass is 32.2. The molecule has 2 aromatic rings. The molecule has 2 rings (SSSR count). The number of aromatic nitrogens is 1. The molecule has 0 amide bonds. The van der Waals surface area contributed by atoms with E-state index in [0.717, 1.165) is 0 Å². The van der Waals surface area contributed by atoms with Crippen LogP contribution in [-0.2, 0) is 0 Å². The summed E-state index contributed by atoms with van der Waals surface area (Å²) in [5, 5.41) is 0.132. The predicted octanol–water partition coefficient (Wildman–Crippen LogP) is 3.18. The van der Waals surface area contributed by atoms with Crippen LogP contribution in [0.25, 0.3) is 0 Å². The number of carbonyl (C=O) groups is 1. The lowest BCUT2D eigenvalue weighted by molar-refractivity contribution is 0.0993. The molecular weight excluding hydrogens is 241 g/mol. The minimum atomic E-state index is -0.352. The molecule has 0 fully saturated rings. The van der Waals surface area contributed by atoms with Gasteiger partial charge in [0.05, 0.1) is 11.4 Å². The normalized spacial score (nSPS) is 12.4. The highest BCUT2D eigenvalue weighted by molar-refractivity contribution is 8.00. The number of halogens is 1. The van der Waals surface area contributed by atoms with Gasteiger partial charge in [-0.3, -0.25) is 4.79 Å². The van der Waals surface area contributed by atoms with Crippen LogP contribution in [0.2, 0.25) is 0 Å². The molecule has 3 nitrogen and oxygen atoms in total. The van der Waals surface area contributed by atoms with Crippen molar-refractivity contribution in [3.05, 3.63) is 48.1 Å². The number of hydrogen-bond acceptors (Lipinski definition) is 4. The number of nitrogens with zero attached hydrogens (tertiary/aromatic N) is 1. The van der Waals surface area contributed by atoms with Crippen molar-refractivity contribution in [2.24, 2.45) is 0 Å². The summed E-state index contributed by atoms with van der Waals surface area (Å²) >= 11 is 1.24. The van der Waals surface area contributed by atoms with Crippen LogP contribution in [0.3, 0.4) is 0 Å². The molecule has 0 N–H and O–H groups in total. The molecule has 0 aliphatic rings. The van der Waals surface area contributed by atoms with Gasteiger partial charge in [0, 0.05) is 5.56 Å². The van der Waals surface area contributed by atoms with Crippen LogP contribution in [0.5, 0.6) is 0 Å². The summed E-state index contributed by atoms with van der Waals surface area (Å²) in [7, 11) is 0. The average Bonchev–Trinajstić information content (AvgIpc) is 2.82. The molecule has 17 heavy (non-hydrogen) atoms. The zero-order valence-corrected chi connectivity index (χ0v) is 9.91. The van der Waals surface area contributed by atoms with Gasteiger partial charge >= 0.3 is 0 Å². The fraction of sp³-hybridized carbons (Fsp3) is 0.167. The van der Waals surface area contributed by atoms with Crippen molar-refractivity contribution in [3.63, 3.8) is 0 Å². The molecule has 0 bridgehead atoms. The lowest BCUT2D eigenvalue weighted by Gasteiger charge is -2.07. The van der Waals surface area contributed by atoms with Gasteiger partial charge in [-0.15, -0.1) is 0 Å². The van der Waals surface area contributed by atoms with Crippen LogP contribution >= 0.6 is 11.8 Å². The van der Waals surface area contributed by atoms with E-state index in [-0.39, 0.29) is 16.9 Å². The summed E-state index contributed by atoms with van der Waals surface area (Å²) < 4.78 is 17.8. The largest absolute Gasteiger partial charge is 0.440 e. The van der Waals surface area contributed by atoms with Crippen molar-refractivity contribution in [2.45, 2.75) is 17.4 Å². The second kappa shape index (κ2) is 5.14. The fourth-order valence-corrected chi connectivity index (χ4v) is 2.10. The maximum absolute atomic E-state index is 12.7. The van der Waals surface area contributed by atoms with Crippen LogP contribution in [0.1, 0.15) is 17.3 Å². The maximum Gasteiger partial charge on any atom is 0.256 e. The lowest BCUT2D eigenvalue weighted by atomic mass is 10.1. The Morgan fingerprint density at radius 2 is 2.12 bits per heavy atom. The highest BCUT2D eigenvalue weighted by Crippen LogP contribution is 2.23. The van der Waals surface area contributed by atoms with Crippen LogP contribution in [0, 0.1) is 5.82 Å². The summed E-state index contributed by atoms with van der Waals surface area (Å²) in [5.74, 6) is -0.428. The number of rotatable bonds is 4. The van der Waals surface area contributed by atoms with Crippen LogP contribution < -0.4 is 0 Å². The SMILES string of the molecule is CC(Sc1ncco1)C(=O)c1ccc(F)cc1. The second-order valence-electron chi connectivity index (χ2n) is 3.43. The molecule has 1 atom stereocenters. The third-order valence-corrected chi connectivity index (χ3v) is 3.16. The number of ketones is 1. The molecule has 0 aliphatic heterocycles. The van der Waals surface area contributed by atoms with Gasteiger partial charge in [0.1, 0.15) is 12.1 Å². The Kier molecular flexibility index (Phi) is 3.58. The summed E-state index contributed by atoms with van der Waals surface area (Å²) in [4.78, 5) is 15.9. The van der Waals surface area contributed by atoms with Gasteiger partial charge in [0.2, 0.25) is 0 Å². The van der Waals surface area contributed by atoms with E-state index in [9.17, 15) is 9.18 Å². The number of oxazole rings is 1. The van der Waals surface area contributed by atoms with Gasteiger partial charge in [0.25, 0.3) is 5.22 Å². The van der Waals surface area contributed by atoms with E-state index < -0.39 is 0 Å². The summed E-state index contributed by atoms with van der Waals surface area (Å²) in [5.41, 5.74) is 0.484. The fourth-order valence-electron chi connectivity index (χ4n) is 1.32. The molecule has 0 saturated carbocycles. The van der Waals surface area contributed by atoms with Crippen molar-refractivity contribution in [1.29, 1.82) is 0 Å². The molecule has 5 heteroatoms. The van der Waals surface area contributed by atoms with Crippen LogP contribution in [0.15, 0.2) is 46.4 Å². The first kappa shape index (κ1) is 11.9. The van der Waals surface area contributed by atoms with E-state index in [1.807, 2.05) is 0 Å². The summed E-state index contributed by atoms with van der Waals surface area (Å²) in [6, 6.07) is 5.50. The highest BCUT2D eigenvalue weighted by Gasteiger charge is 2.18. The quantitative estimate of drug-likeness (QED) is 0.618. The number of carbonyl (C=O) groups excluding carboxylic acids is 1. The van der Waals surface area contributed by atoms with E-state index in [2.05, 4.69) is 4.98 Å². The Hall–Kier alpha value is -1.62. The first-order valence-corrected chi connectivity index (χ1v) is 5.90. The minimum absolute atomic E-state index is 0.0757. The molecule has 1 aromatic heterocycles. The van der Waals surface area contributed by atoms with Crippen LogP contribution in [0.4, 0.5) is 4.39 Å². The Morgan fingerprint density at radius 3 is 2.71 bits per heavy atom. The molecule has 1 unspecified atom stereocenters. The molecule has 0 aliphatic carbocycles. The predicted molar refractivity (Wildman–Crippen MR) is 62.6 cm³/mol. The van der Waals surface area contributed by atoms with Gasteiger partial charge in [-0.1, -0.05) is 11.8 Å². The van der Waals surface area contributed by atoms with Crippen molar-refractivity contribution < 1.29 is 13.6 Å². The molecule has 1 heterocycles. The van der Waals surface area contributed by atoms with Crippen molar-refractivity contribution >= 4 is 17.5 Å². The van der Waals surface area contributed by atoms with E-state index in [0.29, 0.717) is 10.8 Å². The van der Waals surface area contributed by atoms with Crippen molar-refractivity contribution in [2.75, 3.05) is 0 Å². The van der Waals surface area contributed by atoms with E-state index in [1.165, 1.54) is 48.5 Å². The second-order valence-corrected chi connectivity index (χ2v) is 4.72. The van der Waals surface area contributed by atoms with Gasteiger partial charge in [-0.25, -0.2) is 9.37 Å². The Bertz CT molecular complexity index is 496. The smallest absolute Gasteiger partial charge is 0.256 e. The molecule has 0 radical (unpaired) electrons. The first-order valence-electron chi connectivity index (χ1n) is 5.03. The Labute approximate surface area is 102 Å². The number of hydrogen-bond donors (Lipinski definition) is 0. The maximum atomic E-state index is 12.7. The lowest BCUT2D eigenvalue weighted by Crippen LogP contribution is -2.13. The summed E-state index contributed by atoms with van der Waals surface area (Å²) in [6.45, 7) is 1.76. The molecule has 88 valence electrons. The van der Waals surface area contributed by atoms with Gasteiger partial charge in [0.15, 0.2) is 5.78 Å². The average molecular weight is 251 g/mol. The number of thioether (sulfide) groups is 1. The topological polar surface area (TPSA) is 43.1 Å². The molecule has 0 spiro atoms. The molecular formula is C12H10FNO2S. The zero-order valence-electron chi connectivity index (χ0n) is 9.09. The van der Waals surface area contributed by atoms with Crippen LogP contribution in [-0.4, -0.2) is 16.0 Å². The Morgan fingerprint density at radius 1 is 1.41 bits per heavy atom. The van der Waals surface area contributed by atoms with E-state index in [1.54, 1.807) is 6.92 Å². The number of Topliss-reactive ketones (excluding diaryl/α,β-unsaturated/α-hetero) is 1. The Balaban J connectivity index is 2.07.